The molecule has 0 saturated heterocycles. The van der Waals surface area contributed by atoms with Gasteiger partial charge < -0.3 is 0 Å². The van der Waals surface area contributed by atoms with Crippen LogP contribution in [0.15, 0.2) is 94.9 Å². The fourth-order valence-electron chi connectivity index (χ4n) is 3.19. The molecule has 0 atom stereocenters. The summed E-state index contributed by atoms with van der Waals surface area (Å²) in [7, 11) is -4.05. The summed E-state index contributed by atoms with van der Waals surface area (Å²) in [6.45, 7) is 0. The predicted molar refractivity (Wildman–Crippen MR) is 131 cm³/mol. The van der Waals surface area contributed by atoms with E-state index < -0.39 is 20.6 Å². The van der Waals surface area contributed by atoms with E-state index in [-0.39, 0.29) is 16.3 Å². The van der Waals surface area contributed by atoms with Gasteiger partial charge in [-0.1, -0.05) is 54.1 Å². The van der Waals surface area contributed by atoms with E-state index in [4.69, 9.17) is 11.6 Å². The Morgan fingerprint density at radius 1 is 0.939 bits per heavy atom. The quantitative estimate of drug-likeness (QED) is 0.201. The summed E-state index contributed by atoms with van der Waals surface area (Å²) in [6, 6.07) is 23.1. The summed E-state index contributed by atoms with van der Waals surface area (Å²) in [5, 5.41) is 18.2. The molecule has 4 rings (SSSR count). The SMILES string of the molecule is O=[N+]([O-])c1cc(S(=O)(=O)Nc2ccc(Cl)cc2)ccc1NN=Cc1cccc2ccccc12. The van der Waals surface area contributed by atoms with Gasteiger partial charge >= 0.3 is 0 Å². The van der Waals surface area contributed by atoms with Gasteiger partial charge in [0.25, 0.3) is 15.7 Å². The van der Waals surface area contributed by atoms with Crippen LogP contribution in [0.4, 0.5) is 17.1 Å². The molecule has 8 nitrogen and oxygen atoms in total. The van der Waals surface area contributed by atoms with Gasteiger partial charge in [-0.2, -0.15) is 5.10 Å². The Morgan fingerprint density at radius 2 is 1.67 bits per heavy atom. The lowest BCUT2D eigenvalue weighted by atomic mass is 10.1. The van der Waals surface area contributed by atoms with Crippen molar-refractivity contribution in [3.8, 4) is 0 Å². The Hall–Kier alpha value is -3.95. The standard InChI is InChI=1S/C23H17ClN4O4S/c24-18-8-10-19(11-9-18)27-33(31,32)20-12-13-22(23(14-20)28(29)30)26-25-15-17-6-3-5-16-4-1-2-7-21(16)17/h1-15,26-27H. The van der Waals surface area contributed by atoms with Crippen LogP contribution in [0.1, 0.15) is 5.56 Å². The molecule has 0 saturated carbocycles. The number of nitrogens with zero attached hydrogens (tertiary/aromatic N) is 2. The number of anilines is 2. The molecule has 0 aromatic heterocycles. The average molecular weight is 481 g/mol. The smallest absolute Gasteiger partial charge is 0.280 e. The number of nitro benzene ring substituents is 1. The molecule has 4 aromatic rings. The van der Waals surface area contributed by atoms with Crippen LogP contribution in [0.25, 0.3) is 10.8 Å². The molecule has 0 bridgehead atoms. The number of fused-ring (bicyclic) bond motifs is 1. The van der Waals surface area contributed by atoms with Gasteiger partial charge in [0.1, 0.15) is 5.69 Å². The first-order chi connectivity index (χ1) is 15.8. The highest BCUT2D eigenvalue weighted by molar-refractivity contribution is 7.92. The number of hydrogen-bond donors (Lipinski definition) is 2. The van der Waals surface area contributed by atoms with Crippen molar-refractivity contribution >= 4 is 55.7 Å². The minimum absolute atomic E-state index is 0.0573. The second-order valence-corrected chi connectivity index (χ2v) is 9.11. The summed E-state index contributed by atoms with van der Waals surface area (Å²) < 4.78 is 27.7. The van der Waals surface area contributed by atoms with Gasteiger partial charge in [-0.25, -0.2) is 8.42 Å². The van der Waals surface area contributed by atoms with E-state index in [0.29, 0.717) is 5.02 Å². The molecule has 10 heteroatoms. The Balaban J connectivity index is 1.59. The molecule has 0 aliphatic heterocycles. The van der Waals surface area contributed by atoms with Crippen LogP contribution in [-0.4, -0.2) is 19.6 Å². The average Bonchev–Trinajstić information content (AvgIpc) is 2.80. The summed E-state index contributed by atoms with van der Waals surface area (Å²) in [5.41, 5.74) is 3.38. The molecule has 0 spiro atoms. The van der Waals surface area contributed by atoms with Crippen LogP contribution in [-0.2, 0) is 10.0 Å². The van der Waals surface area contributed by atoms with Crippen LogP contribution in [0, 0.1) is 10.1 Å². The molecule has 0 radical (unpaired) electrons. The topological polar surface area (TPSA) is 114 Å². The monoisotopic (exact) mass is 480 g/mol. The molecule has 0 fully saturated rings. The van der Waals surface area contributed by atoms with E-state index in [1.54, 1.807) is 6.21 Å². The molecule has 0 amide bonds. The summed E-state index contributed by atoms with van der Waals surface area (Å²) in [4.78, 5) is 10.7. The molecule has 166 valence electrons. The molecule has 4 aromatic carbocycles. The number of nitrogens with one attached hydrogen (secondary N) is 2. The van der Waals surface area contributed by atoms with E-state index >= 15 is 0 Å². The normalized spacial score (nSPS) is 11.5. The van der Waals surface area contributed by atoms with Gasteiger partial charge in [0.15, 0.2) is 0 Å². The minimum Gasteiger partial charge on any atom is -0.280 e. The lowest BCUT2D eigenvalue weighted by Gasteiger charge is -2.09. The summed E-state index contributed by atoms with van der Waals surface area (Å²) >= 11 is 5.81. The lowest BCUT2D eigenvalue weighted by molar-refractivity contribution is -0.384. The first-order valence-electron chi connectivity index (χ1n) is 9.67. The second kappa shape index (κ2) is 9.27. The van der Waals surface area contributed by atoms with E-state index in [2.05, 4.69) is 15.2 Å². The van der Waals surface area contributed by atoms with Crippen LogP contribution < -0.4 is 10.1 Å². The van der Waals surface area contributed by atoms with Gasteiger partial charge in [0.05, 0.1) is 16.0 Å². The molecule has 0 aliphatic carbocycles. The predicted octanol–water partition coefficient (Wildman–Crippen LogP) is 5.65. The van der Waals surface area contributed by atoms with Crippen molar-refractivity contribution in [2.45, 2.75) is 4.90 Å². The zero-order chi connectivity index (χ0) is 23.4. The number of benzene rings is 4. The molecule has 33 heavy (non-hydrogen) atoms. The molecule has 2 N–H and O–H groups in total. The minimum atomic E-state index is -4.05. The summed E-state index contributed by atoms with van der Waals surface area (Å²) in [5.74, 6) is 0. The maximum atomic E-state index is 12.7. The zero-order valence-corrected chi connectivity index (χ0v) is 18.5. The maximum absolute atomic E-state index is 12.7. The Labute approximate surface area is 194 Å². The van der Waals surface area contributed by atoms with Crippen LogP contribution in [0.2, 0.25) is 5.02 Å². The Kier molecular flexibility index (Phi) is 6.25. The maximum Gasteiger partial charge on any atom is 0.295 e. The van der Waals surface area contributed by atoms with E-state index in [1.165, 1.54) is 36.4 Å². The van der Waals surface area contributed by atoms with Gasteiger partial charge in [-0.15, -0.1) is 0 Å². The van der Waals surface area contributed by atoms with Crippen molar-refractivity contribution < 1.29 is 13.3 Å². The third-order valence-electron chi connectivity index (χ3n) is 4.78. The van der Waals surface area contributed by atoms with Crippen molar-refractivity contribution in [1.29, 1.82) is 0 Å². The Bertz CT molecular complexity index is 1470. The number of hydrazone groups is 1. The highest BCUT2D eigenvalue weighted by atomic mass is 35.5. The number of nitro groups is 1. The fraction of sp³-hybridized carbons (Fsp3) is 0. The van der Waals surface area contributed by atoms with Crippen molar-refractivity contribution in [1.82, 2.24) is 0 Å². The number of sulfonamides is 1. The Morgan fingerprint density at radius 3 is 2.42 bits per heavy atom. The highest BCUT2D eigenvalue weighted by Crippen LogP contribution is 2.29. The molecule has 0 unspecified atom stereocenters. The first kappa shape index (κ1) is 22.3. The van der Waals surface area contributed by atoms with Crippen LogP contribution in [0.5, 0.6) is 0 Å². The third kappa shape index (κ3) is 5.11. The lowest BCUT2D eigenvalue weighted by Crippen LogP contribution is -2.13. The third-order valence-corrected chi connectivity index (χ3v) is 6.42. The van der Waals surface area contributed by atoms with E-state index in [0.717, 1.165) is 22.4 Å². The van der Waals surface area contributed by atoms with Crippen molar-refractivity contribution in [3.05, 3.63) is 106 Å². The van der Waals surface area contributed by atoms with Crippen molar-refractivity contribution in [2.75, 3.05) is 10.1 Å². The largest absolute Gasteiger partial charge is 0.295 e. The van der Waals surface area contributed by atoms with E-state index in [9.17, 15) is 18.5 Å². The summed E-state index contributed by atoms with van der Waals surface area (Å²) in [6.07, 6.45) is 1.55. The number of hydrogen-bond acceptors (Lipinski definition) is 6. The molecule has 0 aliphatic rings. The number of rotatable bonds is 7. The van der Waals surface area contributed by atoms with Crippen molar-refractivity contribution in [3.63, 3.8) is 0 Å². The van der Waals surface area contributed by atoms with Crippen LogP contribution in [0.3, 0.4) is 0 Å². The second-order valence-electron chi connectivity index (χ2n) is 6.99. The first-order valence-corrected chi connectivity index (χ1v) is 11.5. The van der Waals surface area contributed by atoms with Crippen LogP contribution >= 0.6 is 11.6 Å². The molecular formula is C23H17ClN4O4S. The van der Waals surface area contributed by atoms with Gasteiger partial charge in [-0.05, 0) is 47.2 Å². The van der Waals surface area contributed by atoms with Gasteiger partial charge in [0, 0.05) is 22.3 Å². The molecular weight excluding hydrogens is 464 g/mol. The van der Waals surface area contributed by atoms with Crippen molar-refractivity contribution in [2.24, 2.45) is 5.10 Å². The van der Waals surface area contributed by atoms with Gasteiger partial charge in [0.2, 0.25) is 0 Å². The number of halogens is 1. The van der Waals surface area contributed by atoms with Gasteiger partial charge in [-0.3, -0.25) is 20.3 Å². The fourth-order valence-corrected chi connectivity index (χ4v) is 4.39. The van der Waals surface area contributed by atoms with E-state index in [1.807, 2.05) is 42.5 Å². The zero-order valence-electron chi connectivity index (χ0n) is 17.0. The highest BCUT2D eigenvalue weighted by Gasteiger charge is 2.21. The molecule has 0 heterocycles.